The van der Waals surface area contributed by atoms with Crippen LogP contribution in [0, 0.1) is 0 Å². The molecule has 1 N–H and O–H groups in total. The van der Waals surface area contributed by atoms with Gasteiger partial charge in [-0.3, -0.25) is 0 Å². The number of hydrogen-bond acceptors (Lipinski definition) is 1. The summed E-state index contributed by atoms with van der Waals surface area (Å²) < 4.78 is 0. The van der Waals surface area contributed by atoms with Crippen molar-refractivity contribution in [2.75, 3.05) is 0 Å². The third kappa shape index (κ3) is 1.38. The molecule has 2 radical (unpaired) electrons. The summed E-state index contributed by atoms with van der Waals surface area (Å²) in [4.78, 5) is 10.3. The average molecular weight is 132 g/mol. The Morgan fingerprint density at radius 3 is 2.20 bits per heavy atom. The van der Waals surface area contributed by atoms with Crippen molar-refractivity contribution in [1.82, 2.24) is 0 Å². The quantitative estimate of drug-likeness (QED) is 0.553. The lowest BCUT2D eigenvalue weighted by Gasteiger charge is -1.93. The first kappa shape index (κ1) is 6.87. The number of benzene rings is 1. The minimum Gasteiger partial charge on any atom is -0.478 e. The van der Waals surface area contributed by atoms with Gasteiger partial charge in [-0.2, -0.15) is 0 Å². The summed E-state index contributed by atoms with van der Waals surface area (Å²) in [6.07, 6.45) is 0. The molecule has 48 valence electrons. The van der Waals surface area contributed by atoms with E-state index in [0.717, 1.165) is 0 Å². The van der Waals surface area contributed by atoms with Crippen LogP contribution in [0.4, 0.5) is 0 Å². The molecule has 0 unspecified atom stereocenters. The summed E-state index contributed by atoms with van der Waals surface area (Å²) in [7, 11) is 5.33. The highest BCUT2D eigenvalue weighted by atomic mass is 16.4. The predicted octanol–water partition coefficient (Wildman–Crippen LogP) is 0.179. The van der Waals surface area contributed by atoms with E-state index in [4.69, 9.17) is 13.0 Å². The van der Waals surface area contributed by atoms with Crippen molar-refractivity contribution in [2.45, 2.75) is 0 Å². The maximum absolute atomic E-state index is 10.3. The van der Waals surface area contributed by atoms with Crippen LogP contribution < -0.4 is 5.46 Å². The molecule has 0 spiro atoms. The summed E-state index contributed by atoms with van der Waals surface area (Å²) in [5, 5.41) is 8.43. The molecular formula is C7H5BO2. The van der Waals surface area contributed by atoms with Crippen LogP contribution in [0.2, 0.25) is 0 Å². The lowest BCUT2D eigenvalue weighted by molar-refractivity contribution is 0.0697. The second kappa shape index (κ2) is 2.56. The van der Waals surface area contributed by atoms with Gasteiger partial charge in [0.05, 0.1) is 5.56 Å². The molecule has 0 amide bonds. The van der Waals surface area contributed by atoms with Crippen molar-refractivity contribution in [3.8, 4) is 0 Å². The first-order chi connectivity index (χ1) is 4.70. The van der Waals surface area contributed by atoms with E-state index in [-0.39, 0.29) is 5.56 Å². The van der Waals surface area contributed by atoms with Gasteiger partial charge >= 0.3 is 5.97 Å². The van der Waals surface area contributed by atoms with Crippen LogP contribution in [0.1, 0.15) is 10.4 Å². The van der Waals surface area contributed by atoms with Gasteiger partial charge in [0.2, 0.25) is 0 Å². The maximum Gasteiger partial charge on any atom is 0.335 e. The van der Waals surface area contributed by atoms with Gasteiger partial charge in [-0.25, -0.2) is 4.79 Å². The molecule has 0 atom stereocenters. The van der Waals surface area contributed by atoms with E-state index in [1.165, 1.54) is 12.1 Å². The Bertz CT molecular complexity index is 240. The molecule has 2 nitrogen and oxygen atoms in total. The summed E-state index contributed by atoms with van der Waals surface area (Å²) in [6, 6.07) is 6.06. The van der Waals surface area contributed by atoms with Crippen molar-refractivity contribution in [2.24, 2.45) is 0 Å². The van der Waals surface area contributed by atoms with E-state index >= 15 is 0 Å². The summed E-state index contributed by atoms with van der Waals surface area (Å²) in [5.74, 6) is -0.931. The standard InChI is InChI=1S/C7H5BO2/c8-6-3-1-5(2-4-6)7(9)10/h1-4H,(H,9,10). The highest BCUT2D eigenvalue weighted by Gasteiger charge is 1.98. The molecule has 10 heavy (non-hydrogen) atoms. The van der Waals surface area contributed by atoms with Crippen LogP contribution >= 0.6 is 0 Å². The number of aromatic carboxylic acids is 1. The second-order valence-electron chi connectivity index (χ2n) is 1.93. The Balaban J connectivity index is 3.00. The van der Waals surface area contributed by atoms with E-state index in [1.807, 2.05) is 0 Å². The van der Waals surface area contributed by atoms with Gasteiger partial charge in [0.1, 0.15) is 7.85 Å². The molecule has 0 saturated heterocycles. The molecule has 1 aromatic rings. The van der Waals surface area contributed by atoms with E-state index < -0.39 is 5.97 Å². The SMILES string of the molecule is [B]c1ccc(C(=O)O)cc1. The Kier molecular flexibility index (Phi) is 1.76. The highest BCUT2D eigenvalue weighted by Crippen LogP contribution is 1.94. The molecule has 0 bridgehead atoms. The first-order valence-electron chi connectivity index (χ1n) is 2.79. The molecule has 3 heteroatoms. The van der Waals surface area contributed by atoms with Gasteiger partial charge in [0.15, 0.2) is 0 Å². The normalized spacial score (nSPS) is 9.20. The third-order valence-electron chi connectivity index (χ3n) is 1.16. The Morgan fingerprint density at radius 2 is 1.80 bits per heavy atom. The fraction of sp³-hybridized carbons (Fsp3) is 0. The summed E-state index contributed by atoms with van der Waals surface area (Å²) >= 11 is 0. The highest BCUT2D eigenvalue weighted by molar-refractivity contribution is 6.32. The number of hydrogen-bond donors (Lipinski definition) is 1. The zero-order chi connectivity index (χ0) is 7.56. The van der Waals surface area contributed by atoms with Gasteiger partial charge in [-0.15, -0.1) is 0 Å². The van der Waals surface area contributed by atoms with Crippen LogP contribution in [-0.2, 0) is 0 Å². The van der Waals surface area contributed by atoms with Crippen LogP contribution in [0.25, 0.3) is 0 Å². The molecule has 0 fully saturated rings. The van der Waals surface area contributed by atoms with E-state index in [2.05, 4.69) is 0 Å². The Labute approximate surface area is 59.9 Å². The predicted molar refractivity (Wildman–Crippen MR) is 38.8 cm³/mol. The Hall–Kier alpha value is -1.25. The van der Waals surface area contributed by atoms with Gasteiger partial charge in [-0.1, -0.05) is 17.6 Å². The molecular weight excluding hydrogens is 127 g/mol. The Morgan fingerprint density at radius 1 is 1.30 bits per heavy atom. The molecule has 1 rings (SSSR count). The lowest BCUT2D eigenvalue weighted by atomic mass is 9.95. The van der Waals surface area contributed by atoms with Crippen LogP contribution in [0.15, 0.2) is 24.3 Å². The van der Waals surface area contributed by atoms with Crippen molar-refractivity contribution in [1.29, 1.82) is 0 Å². The van der Waals surface area contributed by atoms with Crippen molar-refractivity contribution < 1.29 is 9.90 Å². The van der Waals surface area contributed by atoms with Crippen LogP contribution in [0.5, 0.6) is 0 Å². The van der Waals surface area contributed by atoms with E-state index in [1.54, 1.807) is 12.1 Å². The fourth-order valence-electron chi connectivity index (χ4n) is 0.626. The van der Waals surface area contributed by atoms with Crippen LogP contribution in [0.3, 0.4) is 0 Å². The second-order valence-corrected chi connectivity index (χ2v) is 1.93. The monoisotopic (exact) mass is 132 g/mol. The smallest absolute Gasteiger partial charge is 0.335 e. The number of carboxylic acids is 1. The summed E-state index contributed by atoms with van der Waals surface area (Å²) in [6.45, 7) is 0. The van der Waals surface area contributed by atoms with Crippen molar-refractivity contribution >= 4 is 19.3 Å². The van der Waals surface area contributed by atoms with E-state index in [0.29, 0.717) is 5.46 Å². The fourth-order valence-corrected chi connectivity index (χ4v) is 0.626. The molecule has 1 aromatic carbocycles. The molecule has 0 aliphatic heterocycles. The first-order valence-corrected chi connectivity index (χ1v) is 2.79. The molecule has 0 aliphatic carbocycles. The largest absolute Gasteiger partial charge is 0.478 e. The number of carboxylic acid groups (broad SMARTS) is 1. The van der Waals surface area contributed by atoms with Crippen molar-refractivity contribution in [3.05, 3.63) is 29.8 Å². The summed E-state index contributed by atoms with van der Waals surface area (Å²) in [5.41, 5.74) is 0.833. The number of carbonyl (C=O) groups is 1. The van der Waals surface area contributed by atoms with Gasteiger partial charge < -0.3 is 5.11 Å². The minimum atomic E-state index is -0.931. The third-order valence-corrected chi connectivity index (χ3v) is 1.16. The topological polar surface area (TPSA) is 37.3 Å². The molecule has 0 aliphatic rings. The molecule has 0 heterocycles. The minimum absolute atomic E-state index is 0.259. The molecule has 0 aromatic heterocycles. The molecule has 0 saturated carbocycles. The van der Waals surface area contributed by atoms with Crippen molar-refractivity contribution in [3.63, 3.8) is 0 Å². The van der Waals surface area contributed by atoms with Gasteiger partial charge in [0.25, 0.3) is 0 Å². The zero-order valence-corrected chi connectivity index (χ0v) is 5.24. The average Bonchev–Trinajstić information content (AvgIpc) is 1.88. The lowest BCUT2D eigenvalue weighted by Crippen LogP contribution is -2.03. The number of rotatable bonds is 1. The van der Waals surface area contributed by atoms with E-state index in [9.17, 15) is 4.79 Å². The maximum atomic E-state index is 10.3. The van der Waals surface area contributed by atoms with Gasteiger partial charge in [-0.05, 0) is 12.1 Å². The zero-order valence-electron chi connectivity index (χ0n) is 5.24. The van der Waals surface area contributed by atoms with Gasteiger partial charge in [0, 0.05) is 0 Å². The van der Waals surface area contributed by atoms with Crippen LogP contribution in [-0.4, -0.2) is 18.9 Å².